The summed E-state index contributed by atoms with van der Waals surface area (Å²) in [7, 11) is 0. The van der Waals surface area contributed by atoms with Crippen molar-refractivity contribution in [2.75, 3.05) is 0 Å². The first-order chi connectivity index (χ1) is 13.6. The highest BCUT2D eigenvalue weighted by Crippen LogP contribution is 2.25. The molecular weight excluding hydrogens is 377 g/mol. The predicted octanol–water partition coefficient (Wildman–Crippen LogP) is 4.29. The number of hydrogen-bond acceptors (Lipinski definition) is 4. The molecule has 0 aliphatic rings. The average molecular weight is 395 g/mol. The largest absolute Gasteiger partial charge is 0.609 e. The minimum absolute atomic E-state index is 0.0710. The molecule has 2 heterocycles. The number of halogens is 1. The second-order valence-corrected chi connectivity index (χ2v) is 7.70. The van der Waals surface area contributed by atoms with E-state index in [1.165, 1.54) is 6.20 Å². The molecule has 1 N–H and O–H groups in total. The molecular formula is C21H18FN3O2S. The number of rotatable bonds is 6. The Kier molecular flexibility index (Phi) is 5.27. The van der Waals surface area contributed by atoms with Gasteiger partial charge in [0.25, 0.3) is 0 Å². The molecule has 28 heavy (non-hydrogen) atoms. The Morgan fingerprint density at radius 3 is 2.64 bits per heavy atom. The molecule has 0 bridgehead atoms. The Bertz CT molecular complexity index is 1070. The van der Waals surface area contributed by atoms with Crippen molar-refractivity contribution < 1.29 is 13.7 Å². The van der Waals surface area contributed by atoms with Crippen molar-refractivity contribution in [3.8, 4) is 5.75 Å². The molecule has 5 nitrogen and oxygen atoms in total. The SMILES string of the molecule is Cc1c(C[S+]([O-])c2nc3ccccc3[nH]2)ncc(OCc2ccccc2)c1F. The average Bonchev–Trinajstić information content (AvgIpc) is 3.16. The number of nitrogens with one attached hydrogen (secondary N) is 1. The Labute approximate surface area is 164 Å². The monoisotopic (exact) mass is 395 g/mol. The van der Waals surface area contributed by atoms with Gasteiger partial charge in [0.1, 0.15) is 6.61 Å². The van der Waals surface area contributed by atoms with Crippen LogP contribution in [0.25, 0.3) is 11.0 Å². The number of benzene rings is 2. The number of aromatic nitrogens is 3. The maximum atomic E-state index is 14.7. The van der Waals surface area contributed by atoms with Crippen LogP contribution in [0.4, 0.5) is 4.39 Å². The van der Waals surface area contributed by atoms with Crippen LogP contribution >= 0.6 is 0 Å². The lowest BCUT2D eigenvalue weighted by Gasteiger charge is -2.12. The van der Waals surface area contributed by atoms with E-state index in [-0.39, 0.29) is 18.1 Å². The maximum absolute atomic E-state index is 14.7. The first-order valence-electron chi connectivity index (χ1n) is 8.75. The standard InChI is InChI=1S/C21H18FN3O2S/c1-14-18(13-28(26)21-24-16-9-5-6-10-17(16)25-21)23-11-19(20(14)22)27-12-15-7-3-2-4-8-15/h2-11H,12-13H2,1H3,(H,24,25). The van der Waals surface area contributed by atoms with Gasteiger partial charge in [-0.1, -0.05) is 42.5 Å². The second-order valence-electron chi connectivity index (χ2n) is 6.33. The predicted molar refractivity (Wildman–Crippen MR) is 106 cm³/mol. The van der Waals surface area contributed by atoms with Gasteiger partial charge in [0.2, 0.25) is 0 Å². The fourth-order valence-electron chi connectivity index (χ4n) is 2.81. The Balaban J connectivity index is 1.49. The molecule has 0 fully saturated rings. The molecule has 0 spiro atoms. The number of nitrogens with zero attached hydrogens (tertiary/aromatic N) is 2. The summed E-state index contributed by atoms with van der Waals surface area (Å²) >= 11 is -1.46. The van der Waals surface area contributed by atoms with Gasteiger partial charge >= 0.3 is 5.16 Å². The normalized spacial score (nSPS) is 12.2. The van der Waals surface area contributed by atoms with Crippen LogP contribution in [0, 0.1) is 12.7 Å². The van der Waals surface area contributed by atoms with Crippen LogP contribution in [0.5, 0.6) is 5.75 Å². The molecule has 0 saturated carbocycles. The van der Waals surface area contributed by atoms with E-state index >= 15 is 0 Å². The molecule has 2 aromatic carbocycles. The van der Waals surface area contributed by atoms with Crippen LogP contribution in [0.2, 0.25) is 0 Å². The first kappa shape index (κ1) is 18.5. The fraction of sp³-hybridized carbons (Fsp3) is 0.143. The molecule has 0 aliphatic carbocycles. The number of para-hydroxylation sites is 2. The van der Waals surface area contributed by atoms with Crippen LogP contribution in [0.1, 0.15) is 16.8 Å². The van der Waals surface area contributed by atoms with Crippen molar-refractivity contribution in [3.05, 3.63) is 83.4 Å². The summed E-state index contributed by atoms with van der Waals surface area (Å²) in [5.41, 5.74) is 3.24. The van der Waals surface area contributed by atoms with Crippen LogP contribution in [-0.2, 0) is 23.5 Å². The van der Waals surface area contributed by atoms with Crippen LogP contribution in [0.3, 0.4) is 0 Å². The Morgan fingerprint density at radius 1 is 1.11 bits per heavy atom. The summed E-state index contributed by atoms with van der Waals surface area (Å²) in [6.07, 6.45) is 1.34. The van der Waals surface area contributed by atoms with Gasteiger partial charge in [-0.25, -0.2) is 4.39 Å². The van der Waals surface area contributed by atoms with Gasteiger partial charge in [0.05, 0.1) is 22.9 Å². The van der Waals surface area contributed by atoms with E-state index in [4.69, 9.17) is 4.74 Å². The lowest BCUT2D eigenvalue weighted by Crippen LogP contribution is -2.11. The van der Waals surface area contributed by atoms with E-state index < -0.39 is 17.0 Å². The van der Waals surface area contributed by atoms with Crippen LogP contribution < -0.4 is 4.74 Å². The third kappa shape index (κ3) is 3.85. The third-order valence-corrected chi connectivity index (χ3v) is 5.56. The summed E-state index contributed by atoms with van der Waals surface area (Å²) in [6, 6.07) is 17.0. The summed E-state index contributed by atoms with van der Waals surface area (Å²) < 4.78 is 32.9. The molecule has 2 aromatic heterocycles. The number of H-pyrrole nitrogens is 1. The topological polar surface area (TPSA) is 73.9 Å². The molecule has 0 aliphatic heterocycles. The Hall–Kier alpha value is -2.90. The number of fused-ring (bicyclic) bond motifs is 1. The molecule has 0 saturated heterocycles. The zero-order chi connectivity index (χ0) is 19.5. The molecule has 0 radical (unpaired) electrons. The molecule has 0 amide bonds. The molecule has 4 aromatic rings. The van der Waals surface area contributed by atoms with Gasteiger partial charge in [0, 0.05) is 16.7 Å². The number of pyridine rings is 1. The van der Waals surface area contributed by atoms with Gasteiger partial charge in [-0.05, 0) is 24.6 Å². The maximum Gasteiger partial charge on any atom is 0.322 e. The second kappa shape index (κ2) is 8.00. The summed E-state index contributed by atoms with van der Waals surface area (Å²) in [4.78, 5) is 11.7. The molecule has 1 atom stereocenters. The number of ether oxygens (including phenoxy) is 1. The van der Waals surface area contributed by atoms with Crippen molar-refractivity contribution >= 4 is 22.2 Å². The highest BCUT2D eigenvalue weighted by molar-refractivity contribution is 7.90. The summed E-state index contributed by atoms with van der Waals surface area (Å²) in [5.74, 6) is -0.330. The lowest BCUT2D eigenvalue weighted by atomic mass is 10.2. The third-order valence-electron chi connectivity index (χ3n) is 4.40. The van der Waals surface area contributed by atoms with E-state index in [0.29, 0.717) is 16.4 Å². The first-order valence-corrected chi connectivity index (χ1v) is 10.1. The van der Waals surface area contributed by atoms with E-state index in [2.05, 4.69) is 15.0 Å². The van der Waals surface area contributed by atoms with E-state index in [0.717, 1.165) is 16.6 Å². The fourth-order valence-corrected chi connectivity index (χ4v) is 3.91. The van der Waals surface area contributed by atoms with Gasteiger partial charge in [-0.15, -0.1) is 0 Å². The zero-order valence-corrected chi connectivity index (χ0v) is 16.0. The minimum Gasteiger partial charge on any atom is -0.609 e. The highest BCUT2D eigenvalue weighted by atomic mass is 32.2. The van der Waals surface area contributed by atoms with Crippen molar-refractivity contribution in [1.29, 1.82) is 0 Å². The van der Waals surface area contributed by atoms with Gasteiger partial charge in [-0.3, -0.25) is 9.97 Å². The molecule has 142 valence electrons. The highest BCUT2D eigenvalue weighted by Gasteiger charge is 2.21. The van der Waals surface area contributed by atoms with Gasteiger partial charge in [0.15, 0.2) is 17.3 Å². The number of hydrogen-bond donors (Lipinski definition) is 1. The zero-order valence-electron chi connectivity index (χ0n) is 15.2. The smallest absolute Gasteiger partial charge is 0.322 e. The number of imidazole rings is 1. The van der Waals surface area contributed by atoms with Crippen molar-refractivity contribution in [2.45, 2.75) is 24.4 Å². The van der Waals surface area contributed by atoms with Crippen molar-refractivity contribution in [2.24, 2.45) is 0 Å². The minimum atomic E-state index is -1.46. The van der Waals surface area contributed by atoms with E-state index in [1.54, 1.807) is 6.92 Å². The Morgan fingerprint density at radius 2 is 1.86 bits per heavy atom. The summed E-state index contributed by atoms with van der Waals surface area (Å²) in [5, 5.41) is 0.354. The van der Waals surface area contributed by atoms with Crippen molar-refractivity contribution in [1.82, 2.24) is 15.0 Å². The van der Waals surface area contributed by atoms with Crippen LogP contribution in [0.15, 0.2) is 66.0 Å². The lowest BCUT2D eigenvalue weighted by molar-refractivity contribution is 0.288. The molecule has 1 unspecified atom stereocenters. The molecule has 4 rings (SSSR count). The van der Waals surface area contributed by atoms with E-state index in [9.17, 15) is 8.94 Å². The van der Waals surface area contributed by atoms with Gasteiger partial charge in [-0.2, -0.15) is 4.98 Å². The van der Waals surface area contributed by atoms with E-state index in [1.807, 2.05) is 54.6 Å². The number of aromatic amines is 1. The van der Waals surface area contributed by atoms with Gasteiger partial charge < -0.3 is 9.29 Å². The molecule has 7 heteroatoms. The quantitative estimate of drug-likeness (QED) is 0.494. The van der Waals surface area contributed by atoms with Crippen molar-refractivity contribution in [3.63, 3.8) is 0 Å². The van der Waals surface area contributed by atoms with Crippen LogP contribution in [-0.4, -0.2) is 19.5 Å². The summed E-state index contributed by atoms with van der Waals surface area (Å²) in [6.45, 7) is 1.87.